The van der Waals surface area contributed by atoms with Gasteiger partial charge in [-0.1, -0.05) is 18.2 Å². The Bertz CT molecular complexity index is 411. The minimum atomic E-state index is 0.336. The van der Waals surface area contributed by atoms with E-state index in [0.717, 1.165) is 21.3 Å². The molecule has 0 amide bonds. The molecule has 0 spiro atoms. The molecular weight excluding hydrogens is 152 g/mol. The Labute approximate surface area is 70.2 Å². The van der Waals surface area contributed by atoms with Crippen LogP contribution >= 0.6 is 0 Å². The lowest BCUT2D eigenvalue weighted by Crippen LogP contribution is -2.37. The van der Waals surface area contributed by atoms with Crippen molar-refractivity contribution in [3.05, 3.63) is 34.8 Å². The number of fused-ring (bicyclic) bond motifs is 1. The first-order valence-corrected chi connectivity index (χ1v) is 3.86. The minimum absolute atomic E-state index is 0.336. The molecule has 0 fully saturated rings. The highest BCUT2D eigenvalue weighted by molar-refractivity contribution is 5.38. The highest BCUT2D eigenvalue weighted by Gasteiger charge is 2.05. The molecule has 0 saturated heterocycles. The zero-order valence-corrected chi connectivity index (χ0v) is 6.86. The zero-order chi connectivity index (χ0) is 8.55. The summed E-state index contributed by atoms with van der Waals surface area (Å²) in [6.07, 6.45) is 0. The standard InChI is InChI=1S/C9H10N2O/c1-7-8-4-2-3-5-9(8)10-6-11(7)12/h2-5,12H,6H2,1H3. The zero-order valence-electron chi connectivity index (χ0n) is 6.86. The Kier molecular flexibility index (Phi) is 1.59. The number of rotatable bonds is 0. The molecular formula is C9H10N2O. The van der Waals surface area contributed by atoms with Crippen molar-refractivity contribution in [2.75, 3.05) is 6.67 Å². The summed E-state index contributed by atoms with van der Waals surface area (Å²) >= 11 is 0. The third-order valence-electron chi connectivity index (χ3n) is 2.06. The van der Waals surface area contributed by atoms with Crippen LogP contribution in [-0.2, 0) is 0 Å². The second-order valence-electron chi connectivity index (χ2n) is 2.80. The van der Waals surface area contributed by atoms with E-state index >= 15 is 0 Å². The highest BCUT2D eigenvalue weighted by atomic mass is 16.5. The number of para-hydroxylation sites is 1. The van der Waals surface area contributed by atoms with E-state index in [9.17, 15) is 5.21 Å². The molecule has 0 saturated carbocycles. The van der Waals surface area contributed by atoms with Crippen molar-refractivity contribution in [2.24, 2.45) is 4.99 Å². The summed E-state index contributed by atoms with van der Waals surface area (Å²) in [4.78, 5) is 4.18. The molecule has 1 aromatic rings. The van der Waals surface area contributed by atoms with Gasteiger partial charge in [-0.2, -0.15) is 0 Å². The van der Waals surface area contributed by atoms with Crippen molar-refractivity contribution in [1.29, 1.82) is 0 Å². The molecule has 12 heavy (non-hydrogen) atoms. The Morgan fingerprint density at radius 1 is 1.42 bits per heavy atom. The smallest absolute Gasteiger partial charge is 0.135 e. The van der Waals surface area contributed by atoms with Crippen LogP contribution in [0.5, 0.6) is 0 Å². The number of nitrogens with zero attached hydrogens (tertiary/aromatic N) is 2. The van der Waals surface area contributed by atoms with Gasteiger partial charge in [-0.15, -0.1) is 0 Å². The van der Waals surface area contributed by atoms with Crippen LogP contribution < -0.4 is 10.6 Å². The molecule has 0 bridgehead atoms. The van der Waals surface area contributed by atoms with Crippen molar-refractivity contribution in [3.63, 3.8) is 0 Å². The summed E-state index contributed by atoms with van der Waals surface area (Å²) in [6.45, 7) is 2.22. The molecule has 2 rings (SSSR count). The lowest BCUT2D eigenvalue weighted by atomic mass is 10.2. The van der Waals surface area contributed by atoms with Gasteiger partial charge in [0.2, 0.25) is 0 Å². The van der Waals surface area contributed by atoms with E-state index in [0.29, 0.717) is 6.67 Å². The van der Waals surface area contributed by atoms with Crippen molar-refractivity contribution in [1.82, 2.24) is 5.06 Å². The fourth-order valence-electron chi connectivity index (χ4n) is 1.31. The first kappa shape index (κ1) is 7.31. The third kappa shape index (κ3) is 0.987. The van der Waals surface area contributed by atoms with Gasteiger partial charge in [0.25, 0.3) is 0 Å². The van der Waals surface area contributed by atoms with Crippen LogP contribution in [0.1, 0.15) is 6.92 Å². The maximum atomic E-state index is 9.33. The Morgan fingerprint density at radius 2 is 2.17 bits per heavy atom. The molecule has 1 heterocycles. The van der Waals surface area contributed by atoms with Gasteiger partial charge in [0.15, 0.2) is 0 Å². The molecule has 0 aromatic heterocycles. The first-order chi connectivity index (χ1) is 5.79. The van der Waals surface area contributed by atoms with E-state index in [1.165, 1.54) is 0 Å². The van der Waals surface area contributed by atoms with Gasteiger partial charge in [0, 0.05) is 10.9 Å². The summed E-state index contributed by atoms with van der Waals surface area (Å²) in [5.41, 5.74) is 0.862. The molecule has 0 radical (unpaired) electrons. The highest BCUT2D eigenvalue weighted by Crippen LogP contribution is 1.98. The second-order valence-corrected chi connectivity index (χ2v) is 2.80. The predicted octanol–water partition coefficient (Wildman–Crippen LogP) is 0.0966. The maximum absolute atomic E-state index is 9.33. The van der Waals surface area contributed by atoms with Gasteiger partial charge in [0.1, 0.15) is 6.67 Å². The molecule has 0 atom stereocenters. The quantitative estimate of drug-likeness (QED) is 0.587. The van der Waals surface area contributed by atoms with Crippen LogP contribution in [0.15, 0.2) is 29.3 Å². The van der Waals surface area contributed by atoms with Gasteiger partial charge in [-0.05, 0) is 13.0 Å². The van der Waals surface area contributed by atoms with Crippen molar-refractivity contribution in [3.8, 4) is 0 Å². The van der Waals surface area contributed by atoms with Crippen LogP contribution in [0.2, 0.25) is 0 Å². The van der Waals surface area contributed by atoms with Crippen LogP contribution in [0, 0.1) is 0 Å². The molecule has 62 valence electrons. The lowest BCUT2D eigenvalue weighted by molar-refractivity contribution is -0.0295. The Balaban J connectivity index is 2.83. The van der Waals surface area contributed by atoms with E-state index in [-0.39, 0.29) is 0 Å². The number of benzene rings is 1. The maximum Gasteiger partial charge on any atom is 0.135 e. The Hall–Kier alpha value is -1.35. The molecule has 1 N–H and O–H groups in total. The van der Waals surface area contributed by atoms with Crippen molar-refractivity contribution < 1.29 is 5.21 Å². The summed E-state index contributed by atoms with van der Waals surface area (Å²) in [5.74, 6) is 0. The average Bonchev–Trinajstić information content (AvgIpc) is 2.12. The van der Waals surface area contributed by atoms with Gasteiger partial charge in [-0.3, -0.25) is 10.2 Å². The van der Waals surface area contributed by atoms with Gasteiger partial charge in [-0.25, -0.2) is 5.06 Å². The molecule has 0 unspecified atom stereocenters. The summed E-state index contributed by atoms with van der Waals surface area (Å²) in [5, 5.41) is 12.4. The van der Waals surface area contributed by atoms with E-state index in [2.05, 4.69) is 4.99 Å². The lowest BCUT2D eigenvalue weighted by Gasteiger charge is -2.17. The fourth-order valence-corrected chi connectivity index (χ4v) is 1.31. The van der Waals surface area contributed by atoms with Crippen LogP contribution in [0.25, 0.3) is 5.70 Å². The summed E-state index contributed by atoms with van der Waals surface area (Å²) in [7, 11) is 0. The SMILES string of the molecule is CC1=c2ccccc2=NCN1O. The summed E-state index contributed by atoms with van der Waals surface area (Å²) in [6, 6.07) is 7.79. The number of hydrogen-bond donors (Lipinski definition) is 1. The number of hydroxylamine groups is 2. The molecule has 0 aliphatic carbocycles. The van der Waals surface area contributed by atoms with Crippen molar-refractivity contribution in [2.45, 2.75) is 6.92 Å². The topological polar surface area (TPSA) is 35.8 Å². The minimum Gasteiger partial charge on any atom is -0.287 e. The second kappa shape index (κ2) is 2.60. The van der Waals surface area contributed by atoms with Crippen LogP contribution in [0.4, 0.5) is 0 Å². The molecule has 1 aromatic carbocycles. The monoisotopic (exact) mass is 162 g/mol. The van der Waals surface area contributed by atoms with E-state index in [1.54, 1.807) is 0 Å². The largest absolute Gasteiger partial charge is 0.287 e. The molecule has 1 aliphatic rings. The van der Waals surface area contributed by atoms with Crippen molar-refractivity contribution >= 4 is 5.70 Å². The van der Waals surface area contributed by atoms with E-state index in [4.69, 9.17) is 0 Å². The molecule has 3 heteroatoms. The van der Waals surface area contributed by atoms with Gasteiger partial charge < -0.3 is 0 Å². The van der Waals surface area contributed by atoms with Gasteiger partial charge >= 0.3 is 0 Å². The van der Waals surface area contributed by atoms with Gasteiger partial charge in [0.05, 0.1) is 5.36 Å². The number of hydrogen-bond acceptors (Lipinski definition) is 3. The van der Waals surface area contributed by atoms with E-state index in [1.807, 2.05) is 31.2 Å². The normalized spacial score (nSPS) is 15.5. The van der Waals surface area contributed by atoms with Crippen LogP contribution in [0.3, 0.4) is 0 Å². The predicted molar refractivity (Wildman–Crippen MR) is 44.8 cm³/mol. The molecule has 1 aliphatic heterocycles. The Morgan fingerprint density at radius 3 is 3.00 bits per heavy atom. The molecule has 3 nitrogen and oxygen atoms in total. The first-order valence-electron chi connectivity index (χ1n) is 3.86. The third-order valence-corrected chi connectivity index (χ3v) is 2.06. The average molecular weight is 162 g/mol. The summed E-state index contributed by atoms with van der Waals surface area (Å²) < 4.78 is 0. The van der Waals surface area contributed by atoms with E-state index < -0.39 is 0 Å². The fraction of sp³-hybridized carbons (Fsp3) is 0.222. The van der Waals surface area contributed by atoms with Crippen LogP contribution in [-0.4, -0.2) is 16.9 Å².